The number of carbonyl (C=O) groups excluding carboxylic acids is 2. The first-order valence-electron chi connectivity index (χ1n) is 8.67. The molecule has 2 amide bonds. The van der Waals surface area contributed by atoms with Crippen molar-refractivity contribution in [3.05, 3.63) is 40.7 Å². The van der Waals surface area contributed by atoms with Gasteiger partial charge in [0.15, 0.2) is 0 Å². The number of aromatic amines is 2. The van der Waals surface area contributed by atoms with Crippen molar-refractivity contribution in [2.75, 3.05) is 25.0 Å². The van der Waals surface area contributed by atoms with Crippen LogP contribution in [0.2, 0.25) is 0 Å². The third kappa shape index (κ3) is 4.14. The normalized spacial score (nSPS) is 17.0. The first kappa shape index (κ1) is 17.8. The van der Waals surface area contributed by atoms with Gasteiger partial charge in [-0.25, -0.2) is 4.79 Å². The Hall–Kier alpha value is -3.03. The van der Waals surface area contributed by atoms with Gasteiger partial charge in [0.05, 0.1) is 18.2 Å². The first-order valence-corrected chi connectivity index (χ1v) is 8.67. The molecule has 2 heterocycles. The van der Waals surface area contributed by atoms with E-state index >= 15 is 0 Å². The van der Waals surface area contributed by atoms with Gasteiger partial charge in [-0.15, -0.1) is 0 Å². The lowest BCUT2D eigenvalue weighted by Gasteiger charge is -2.31. The predicted octanol–water partition coefficient (Wildman–Crippen LogP) is 2.18. The van der Waals surface area contributed by atoms with Gasteiger partial charge in [0.25, 0.3) is 5.56 Å². The summed E-state index contributed by atoms with van der Waals surface area (Å²) < 4.78 is 5.01. The number of amides is 2. The summed E-state index contributed by atoms with van der Waals surface area (Å²) in [5.41, 5.74) is 2.00. The molecule has 1 aliphatic rings. The van der Waals surface area contributed by atoms with Crippen molar-refractivity contribution in [1.82, 2.24) is 15.1 Å². The number of hydrogen-bond donors (Lipinski definition) is 3. The van der Waals surface area contributed by atoms with E-state index < -0.39 is 0 Å². The minimum absolute atomic E-state index is 0.109. The molecule has 0 unspecified atom stereocenters. The van der Waals surface area contributed by atoms with E-state index in [0.29, 0.717) is 31.1 Å². The van der Waals surface area contributed by atoms with E-state index in [4.69, 9.17) is 4.74 Å². The summed E-state index contributed by atoms with van der Waals surface area (Å²) in [6.07, 6.45) is 1.15. The summed E-state index contributed by atoms with van der Waals surface area (Å²) in [5.74, 6) is -0.365. The van der Waals surface area contributed by atoms with E-state index in [0.717, 1.165) is 18.4 Å². The molecule has 0 saturated carbocycles. The van der Waals surface area contributed by atoms with Gasteiger partial charge in [-0.3, -0.25) is 19.8 Å². The lowest BCUT2D eigenvalue weighted by atomic mass is 9.97. The maximum atomic E-state index is 12.5. The van der Waals surface area contributed by atoms with Crippen LogP contribution in [0, 0.1) is 5.92 Å². The second kappa shape index (κ2) is 7.90. The van der Waals surface area contributed by atoms with Crippen LogP contribution in [0.5, 0.6) is 0 Å². The van der Waals surface area contributed by atoms with Crippen molar-refractivity contribution in [3.8, 4) is 11.3 Å². The Morgan fingerprint density at radius 3 is 2.69 bits per heavy atom. The molecule has 2 aromatic rings. The molecule has 0 radical (unpaired) electrons. The highest BCUT2D eigenvalue weighted by Crippen LogP contribution is 2.21. The van der Waals surface area contributed by atoms with Crippen molar-refractivity contribution in [2.45, 2.75) is 19.8 Å². The van der Waals surface area contributed by atoms with E-state index in [2.05, 4.69) is 15.5 Å². The van der Waals surface area contributed by atoms with Crippen molar-refractivity contribution < 1.29 is 14.3 Å². The van der Waals surface area contributed by atoms with E-state index in [1.807, 2.05) is 12.1 Å². The van der Waals surface area contributed by atoms with Crippen LogP contribution in [-0.4, -0.2) is 46.8 Å². The van der Waals surface area contributed by atoms with Crippen LogP contribution in [0.25, 0.3) is 11.3 Å². The van der Waals surface area contributed by atoms with Crippen LogP contribution < -0.4 is 10.9 Å². The van der Waals surface area contributed by atoms with E-state index in [9.17, 15) is 14.4 Å². The summed E-state index contributed by atoms with van der Waals surface area (Å²) in [6, 6.07) is 8.68. The number of ether oxygens (including phenoxy) is 1. The van der Waals surface area contributed by atoms with Gasteiger partial charge in [0.2, 0.25) is 5.91 Å². The number of likely N-dealkylation sites (tertiary alicyclic amines) is 1. The molecule has 0 aliphatic carbocycles. The maximum absolute atomic E-state index is 12.5. The third-order valence-electron chi connectivity index (χ3n) is 4.38. The molecule has 1 aromatic heterocycles. The largest absolute Gasteiger partial charge is 0.450 e. The fraction of sp³-hybridized carbons (Fsp3) is 0.389. The van der Waals surface area contributed by atoms with Gasteiger partial charge >= 0.3 is 6.09 Å². The van der Waals surface area contributed by atoms with Crippen molar-refractivity contribution in [3.63, 3.8) is 0 Å². The zero-order valence-electron chi connectivity index (χ0n) is 14.6. The number of H-pyrrole nitrogens is 2. The summed E-state index contributed by atoms with van der Waals surface area (Å²) in [6.45, 7) is 3.07. The van der Waals surface area contributed by atoms with Gasteiger partial charge in [0, 0.05) is 24.8 Å². The van der Waals surface area contributed by atoms with Gasteiger partial charge in [-0.1, -0.05) is 12.1 Å². The zero-order valence-corrected chi connectivity index (χ0v) is 14.6. The highest BCUT2D eigenvalue weighted by molar-refractivity contribution is 5.93. The van der Waals surface area contributed by atoms with Gasteiger partial charge in [0.1, 0.15) is 0 Å². The first-order chi connectivity index (χ1) is 12.6. The standard InChI is InChI=1S/C18H22N4O4/c1-2-26-18(25)22-9-3-4-13(11-22)17(24)19-14-7-5-12(6-8-14)15-10-16(23)21-20-15/h5-8,10,13H,2-4,9,11H2,1H3,(H,19,24)(H2,20,21,23)/t13-/m0/s1. The second-order valence-electron chi connectivity index (χ2n) is 6.22. The molecular weight excluding hydrogens is 336 g/mol. The molecule has 1 saturated heterocycles. The highest BCUT2D eigenvalue weighted by Gasteiger charge is 2.29. The molecule has 8 nitrogen and oxygen atoms in total. The van der Waals surface area contributed by atoms with Gasteiger partial charge in [-0.2, -0.15) is 0 Å². The molecule has 0 spiro atoms. The number of benzene rings is 1. The van der Waals surface area contributed by atoms with Crippen molar-refractivity contribution in [1.29, 1.82) is 0 Å². The Kier molecular flexibility index (Phi) is 5.40. The number of rotatable bonds is 4. The van der Waals surface area contributed by atoms with Crippen LogP contribution in [0.3, 0.4) is 0 Å². The number of aromatic nitrogens is 2. The molecule has 1 aromatic carbocycles. The number of nitrogens with one attached hydrogen (secondary N) is 3. The number of anilines is 1. The fourth-order valence-corrected chi connectivity index (χ4v) is 3.04. The summed E-state index contributed by atoms with van der Waals surface area (Å²) in [7, 11) is 0. The van der Waals surface area contributed by atoms with Crippen LogP contribution in [0.4, 0.5) is 10.5 Å². The number of nitrogens with zero attached hydrogens (tertiary/aromatic N) is 1. The van der Waals surface area contributed by atoms with Crippen LogP contribution in [-0.2, 0) is 9.53 Å². The molecule has 8 heteroatoms. The maximum Gasteiger partial charge on any atom is 0.409 e. The molecule has 3 N–H and O–H groups in total. The van der Waals surface area contributed by atoms with E-state index in [1.54, 1.807) is 24.0 Å². The Morgan fingerprint density at radius 1 is 1.27 bits per heavy atom. The summed E-state index contributed by atoms with van der Waals surface area (Å²) >= 11 is 0. The van der Waals surface area contributed by atoms with Gasteiger partial charge < -0.3 is 15.0 Å². The smallest absolute Gasteiger partial charge is 0.409 e. The molecule has 26 heavy (non-hydrogen) atoms. The predicted molar refractivity (Wildman–Crippen MR) is 96.8 cm³/mol. The van der Waals surface area contributed by atoms with Crippen LogP contribution in [0.1, 0.15) is 19.8 Å². The Balaban J connectivity index is 1.60. The molecular formula is C18H22N4O4. The Labute approximate surface area is 150 Å². The zero-order chi connectivity index (χ0) is 18.5. The van der Waals surface area contributed by atoms with E-state index in [1.165, 1.54) is 6.07 Å². The number of piperidine rings is 1. The number of hydrogen-bond acceptors (Lipinski definition) is 4. The third-order valence-corrected chi connectivity index (χ3v) is 4.38. The lowest BCUT2D eigenvalue weighted by molar-refractivity contribution is -0.121. The van der Waals surface area contributed by atoms with Crippen LogP contribution in [0.15, 0.2) is 35.1 Å². The minimum atomic E-state index is -0.366. The molecule has 3 rings (SSSR count). The molecule has 138 valence electrons. The minimum Gasteiger partial charge on any atom is -0.450 e. The average molecular weight is 358 g/mol. The topological polar surface area (TPSA) is 107 Å². The molecule has 0 bridgehead atoms. The quantitative estimate of drug-likeness (QED) is 0.778. The average Bonchev–Trinajstić information content (AvgIpc) is 3.09. The lowest BCUT2D eigenvalue weighted by Crippen LogP contribution is -2.44. The second-order valence-corrected chi connectivity index (χ2v) is 6.22. The van der Waals surface area contributed by atoms with Crippen LogP contribution >= 0.6 is 0 Å². The summed E-state index contributed by atoms with van der Waals surface area (Å²) in [5, 5.41) is 8.16. The van der Waals surface area contributed by atoms with Gasteiger partial charge in [-0.05, 0) is 37.5 Å². The molecule has 1 atom stereocenters. The molecule has 1 aliphatic heterocycles. The Morgan fingerprint density at radius 2 is 2.04 bits per heavy atom. The monoisotopic (exact) mass is 358 g/mol. The highest BCUT2D eigenvalue weighted by atomic mass is 16.6. The fourth-order valence-electron chi connectivity index (χ4n) is 3.04. The SMILES string of the molecule is CCOC(=O)N1CCC[C@H](C(=O)Nc2ccc(-c3cc(=O)[nH][nH]3)cc2)C1. The Bertz CT molecular complexity index is 824. The molecule has 1 fully saturated rings. The summed E-state index contributed by atoms with van der Waals surface area (Å²) in [4.78, 5) is 37.1. The van der Waals surface area contributed by atoms with Crippen molar-refractivity contribution in [2.24, 2.45) is 5.92 Å². The number of carbonyl (C=O) groups is 2. The van der Waals surface area contributed by atoms with Crippen molar-refractivity contribution >= 4 is 17.7 Å². The van der Waals surface area contributed by atoms with E-state index in [-0.39, 0.29) is 23.5 Å².